The maximum Gasteiger partial charge on any atom is 0.325 e. The summed E-state index contributed by atoms with van der Waals surface area (Å²) in [4.78, 5) is 42.7. The second-order valence-electron chi connectivity index (χ2n) is 8.83. The number of aromatic nitrogens is 2. The molecule has 0 spiro atoms. The molecule has 3 amide bonds. The van der Waals surface area contributed by atoms with Crippen LogP contribution in [-0.4, -0.2) is 34.0 Å². The number of anilines is 1. The van der Waals surface area contributed by atoms with Crippen molar-refractivity contribution in [1.29, 1.82) is 0 Å². The minimum atomic E-state index is -0.673. The molecule has 0 unspecified atom stereocenters. The Morgan fingerprint density at radius 1 is 0.974 bits per heavy atom. The van der Waals surface area contributed by atoms with Gasteiger partial charge in [-0.25, -0.2) is 9.78 Å². The van der Waals surface area contributed by atoms with Gasteiger partial charge in [0.1, 0.15) is 0 Å². The van der Waals surface area contributed by atoms with Gasteiger partial charge >= 0.3 is 6.03 Å². The summed E-state index contributed by atoms with van der Waals surface area (Å²) in [5, 5.41) is 5.81. The second-order valence-corrected chi connectivity index (χ2v) is 9.78. The zero-order chi connectivity index (χ0) is 26.8. The molecule has 5 rings (SSSR count). The number of aryl methyl sites for hydroxylation is 2. The Morgan fingerprint density at radius 3 is 2.53 bits per heavy atom. The van der Waals surface area contributed by atoms with Crippen LogP contribution in [0.4, 0.5) is 10.5 Å². The Balaban J connectivity index is 1.28. The summed E-state index contributed by atoms with van der Waals surface area (Å²) in [6.45, 7) is 6.50. The van der Waals surface area contributed by atoms with E-state index in [-0.39, 0.29) is 18.1 Å². The average molecular weight is 531 g/mol. The summed E-state index contributed by atoms with van der Waals surface area (Å²) >= 11 is 1.10. The van der Waals surface area contributed by atoms with E-state index >= 15 is 0 Å². The lowest BCUT2D eigenvalue weighted by Crippen LogP contribution is -2.35. The van der Waals surface area contributed by atoms with Crippen molar-refractivity contribution in [3.05, 3.63) is 76.1 Å². The topological polar surface area (TPSA) is 112 Å². The Kier molecular flexibility index (Phi) is 7.06. The van der Waals surface area contributed by atoms with E-state index in [4.69, 9.17) is 9.47 Å². The van der Waals surface area contributed by atoms with Crippen LogP contribution in [0.5, 0.6) is 11.5 Å². The SMILES string of the molecule is CCn1c(SCC(=O)NC(=O)Nc2ccc3c(c2)OCO3)nc2ccc(-c3ccc(C)c(C)c3)cc2c1=O. The lowest BCUT2D eigenvalue weighted by molar-refractivity contribution is -0.117. The molecule has 0 radical (unpaired) electrons. The van der Waals surface area contributed by atoms with E-state index in [1.807, 2.05) is 31.2 Å². The van der Waals surface area contributed by atoms with E-state index in [1.54, 1.807) is 18.2 Å². The molecular formula is C28H26N4O5S. The molecule has 0 aliphatic carbocycles. The molecule has 1 aromatic heterocycles. The summed E-state index contributed by atoms with van der Waals surface area (Å²) in [5.41, 5.74) is 5.20. The first-order chi connectivity index (χ1) is 18.3. The van der Waals surface area contributed by atoms with Crippen molar-refractivity contribution < 1.29 is 19.1 Å². The molecule has 2 heterocycles. The predicted octanol–water partition coefficient (Wildman–Crippen LogP) is 4.87. The Hall–Kier alpha value is -4.31. The fourth-order valence-electron chi connectivity index (χ4n) is 4.12. The molecule has 9 nitrogen and oxygen atoms in total. The van der Waals surface area contributed by atoms with Crippen LogP contribution >= 0.6 is 11.8 Å². The van der Waals surface area contributed by atoms with E-state index < -0.39 is 11.9 Å². The summed E-state index contributed by atoms with van der Waals surface area (Å²) < 4.78 is 12.1. The standard InChI is InChI=1S/C28H26N4O5S/c1-4-32-26(34)21-12-19(18-6-5-16(2)17(3)11-18)7-9-22(21)30-28(32)38-14-25(33)31-27(35)29-20-8-10-23-24(13-20)37-15-36-23/h5-13H,4,14-15H2,1-3H3,(H2,29,31,33,35). The molecule has 194 valence electrons. The third-order valence-corrected chi connectivity index (χ3v) is 7.27. The number of hydrogen-bond acceptors (Lipinski definition) is 7. The van der Waals surface area contributed by atoms with Gasteiger partial charge < -0.3 is 14.8 Å². The lowest BCUT2D eigenvalue weighted by Gasteiger charge is -2.12. The Bertz CT molecular complexity index is 1630. The number of imide groups is 1. The summed E-state index contributed by atoms with van der Waals surface area (Å²) in [6.07, 6.45) is 0. The van der Waals surface area contributed by atoms with Gasteiger partial charge in [0.05, 0.1) is 16.7 Å². The number of carbonyl (C=O) groups is 2. The molecule has 38 heavy (non-hydrogen) atoms. The quantitative estimate of drug-likeness (QED) is 0.270. The lowest BCUT2D eigenvalue weighted by atomic mass is 9.99. The van der Waals surface area contributed by atoms with Gasteiger partial charge in [0.15, 0.2) is 16.7 Å². The van der Waals surface area contributed by atoms with Crippen molar-refractivity contribution >= 4 is 40.3 Å². The molecule has 0 saturated carbocycles. The summed E-state index contributed by atoms with van der Waals surface area (Å²) in [6, 6.07) is 16.1. The third-order valence-electron chi connectivity index (χ3n) is 6.29. The molecule has 0 fully saturated rings. The first-order valence-corrected chi connectivity index (χ1v) is 13.1. The van der Waals surface area contributed by atoms with Crippen molar-refractivity contribution in [2.24, 2.45) is 0 Å². The minimum absolute atomic E-state index is 0.0900. The average Bonchev–Trinajstić information content (AvgIpc) is 3.37. The highest BCUT2D eigenvalue weighted by Gasteiger charge is 2.17. The van der Waals surface area contributed by atoms with Crippen LogP contribution < -0.4 is 25.7 Å². The second kappa shape index (κ2) is 10.6. The maximum atomic E-state index is 13.3. The molecular weight excluding hydrogens is 504 g/mol. The van der Waals surface area contributed by atoms with Crippen LogP contribution in [-0.2, 0) is 11.3 Å². The molecule has 1 aliphatic rings. The van der Waals surface area contributed by atoms with Gasteiger partial charge in [-0.2, -0.15) is 0 Å². The molecule has 1 aliphatic heterocycles. The molecule has 0 saturated heterocycles. The predicted molar refractivity (Wildman–Crippen MR) is 147 cm³/mol. The molecule has 2 N–H and O–H groups in total. The Morgan fingerprint density at radius 2 is 1.74 bits per heavy atom. The van der Waals surface area contributed by atoms with Crippen LogP contribution in [0, 0.1) is 13.8 Å². The smallest absolute Gasteiger partial charge is 0.325 e. The highest BCUT2D eigenvalue weighted by Crippen LogP contribution is 2.34. The van der Waals surface area contributed by atoms with E-state index in [2.05, 4.69) is 41.6 Å². The van der Waals surface area contributed by atoms with Gasteiger partial charge in [0.25, 0.3) is 5.56 Å². The van der Waals surface area contributed by atoms with Gasteiger partial charge in [-0.05, 0) is 67.3 Å². The van der Waals surface area contributed by atoms with Crippen LogP contribution in [0.2, 0.25) is 0 Å². The van der Waals surface area contributed by atoms with Gasteiger partial charge in [0.2, 0.25) is 12.7 Å². The minimum Gasteiger partial charge on any atom is -0.454 e. The van der Waals surface area contributed by atoms with E-state index in [1.165, 1.54) is 15.7 Å². The number of fused-ring (bicyclic) bond motifs is 2. The highest BCUT2D eigenvalue weighted by molar-refractivity contribution is 7.99. The number of urea groups is 1. The van der Waals surface area contributed by atoms with E-state index in [0.29, 0.717) is 39.8 Å². The van der Waals surface area contributed by atoms with Crippen molar-refractivity contribution in [1.82, 2.24) is 14.9 Å². The molecule has 0 bridgehead atoms. The van der Waals surface area contributed by atoms with Gasteiger partial charge in [-0.15, -0.1) is 0 Å². The maximum absolute atomic E-state index is 13.3. The number of amides is 3. The van der Waals surface area contributed by atoms with Crippen molar-refractivity contribution in [3.8, 4) is 22.6 Å². The number of nitrogens with zero attached hydrogens (tertiary/aromatic N) is 2. The van der Waals surface area contributed by atoms with Gasteiger partial charge in [-0.1, -0.05) is 36.0 Å². The van der Waals surface area contributed by atoms with Crippen LogP contribution in [0.1, 0.15) is 18.1 Å². The van der Waals surface area contributed by atoms with E-state index in [0.717, 1.165) is 22.9 Å². The number of rotatable bonds is 6. The Labute approximate surface area is 223 Å². The van der Waals surface area contributed by atoms with Crippen molar-refractivity contribution in [2.45, 2.75) is 32.5 Å². The number of thioether (sulfide) groups is 1. The number of nitrogens with one attached hydrogen (secondary N) is 2. The highest BCUT2D eigenvalue weighted by atomic mass is 32.2. The van der Waals surface area contributed by atoms with Gasteiger partial charge in [-0.3, -0.25) is 19.5 Å². The van der Waals surface area contributed by atoms with E-state index in [9.17, 15) is 14.4 Å². The molecule has 0 atom stereocenters. The molecule has 3 aromatic carbocycles. The zero-order valence-electron chi connectivity index (χ0n) is 21.2. The first-order valence-electron chi connectivity index (χ1n) is 12.1. The number of benzene rings is 3. The first kappa shape index (κ1) is 25.3. The van der Waals surface area contributed by atoms with Crippen molar-refractivity contribution in [3.63, 3.8) is 0 Å². The fraction of sp³-hybridized carbons (Fsp3) is 0.214. The number of carbonyl (C=O) groups excluding carboxylic acids is 2. The summed E-state index contributed by atoms with van der Waals surface area (Å²) in [7, 11) is 0. The summed E-state index contributed by atoms with van der Waals surface area (Å²) in [5.74, 6) is 0.503. The number of ether oxygens (including phenoxy) is 2. The zero-order valence-corrected chi connectivity index (χ0v) is 22.0. The third kappa shape index (κ3) is 5.21. The molecule has 4 aromatic rings. The van der Waals surface area contributed by atoms with Gasteiger partial charge in [0, 0.05) is 18.3 Å². The monoisotopic (exact) mass is 530 g/mol. The van der Waals surface area contributed by atoms with Crippen LogP contribution in [0.15, 0.2) is 64.5 Å². The molecule has 10 heteroatoms. The van der Waals surface area contributed by atoms with Crippen LogP contribution in [0.25, 0.3) is 22.0 Å². The fourth-order valence-corrected chi connectivity index (χ4v) is 4.98. The van der Waals surface area contributed by atoms with Crippen LogP contribution in [0.3, 0.4) is 0 Å². The van der Waals surface area contributed by atoms with Crippen molar-refractivity contribution in [2.75, 3.05) is 17.9 Å². The normalized spacial score (nSPS) is 12.0. The number of hydrogen-bond donors (Lipinski definition) is 2. The largest absolute Gasteiger partial charge is 0.454 e.